The van der Waals surface area contributed by atoms with E-state index >= 15 is 0 Å². The number of rotatable bonds is 2. The van der Waals surface area contributed by atoms with Crippen LogP contribution >= 0.6 is 11.8 Å². The molecule has 1 fully saturated rings. The third-order valence-electron chi connectivity index (χ3n) is 4.73. The number of carbonyl (C=O) groups is 1. The second-order valence-corrected chi connectivity index (χ2v) is 7.36. The Morgan fingerprint density at radius 1 is 0.778 bits per heavy atom. The van der Waals surface area contributed by atoms with E-state index in [0.717, 1.165) is 38.1 Å². The molecule has 4 aromatic carbocycles. The molecule has 0 bridgehead atoms. The number of para-hydroxylation sites is 1. The molecule has 1 aliphatic rings. The second kappa shape index (κ2) is 6.56. The van der Waals surface area contributed by atoms with Gasteiger partial charge in [0.2, 0.25) is 5.91 Å². The van der Waals surface area contributed by atoms with E-state index in [9.17, 15) is 4.79 Å². The molecular formula is C23H16N2OS. The number of hydrogen-bond acceptors (Lipinski definition) is 3. The predicted molar refractivity (Wildman–Crippen MR) is 115 cm³/mol. The Morgan fingerprint density at radius 3 is 2.04 bits per heavy atom. The molecule has 0 spiro atoms. The van der Waals surface area contributed by atoms with Crippen molar-refractivity contribution in [1.29, 1.82) is 0 Å². The van der Waals surface area contributed by atoms with Crippen LogP contribution in [0, 0.1) is 0 Å². The largest absolute Gasteiger partial charge is 0.273 e. The minimum atomic E-state index is 0.0643. The summed E-state index contributed by atoms with van der Waals surface area (Å²) in [6.45, 7) is 0. The smallest absolute Gasteiger partial charge is 0.243 e. The first-order valence-electron chi connectivity index (χ1n) is 8.81. The van der Waals surface area contributed by atoms with Crippen LogP contribution < -0.4 is 4.90 Å². The zero-order chi connectivity index (χ0) is 18.2. The van der Waals surface area contributed by atoms with E-state index < -0.39 is 0 Å². The van der Waals surface area contributed by atoms with Crippen LogP contribution in [-0.2, 0) is 4.79 Å². The zero-order valence-electron chi connectivity index (χ0n) is 14.5. The van der Waals surface area contributed by atoms with E-state index in [1.165, 1.54) is 11.8 Å². The Bertz CT molecular complexity index is 1150. The van der Waals surface area contributed by atoms with E-state index in [2.05, 4.69) is 30.3 Å². The molecule has 0 saturated carbocycles. The normalized spacial score (nSPS) is 15.9. The second-order valence-electron chi connectivity index (χ2n) is 6.42. The minimum Gasteiger partial charge on any atom is -0.273 e. The minimum absolute atomic E-state index is 0.0643. The molecule has 0 radical (unpaired) electrons. The Balaban J connectivity index is 1.76. The molecule has 1 saturated heterocycles. The SMILES string of the molecule is O=C1CSC(=Nc2c3ccccc3cc3ccccc23)N1c1ccccc1. The molecule has 130 valence electrons. The number of nitrogens with zero attached hydrogens (tertiary/aromatic N) is 2. The van der Waals surface area contributed by atoms with E-state index in [-0.39, 0.29) is 5.91 Å². The fourth-order valence-corrected chi connectivity index (χ4v) is 4.36. The summed E-state index contributed by atoms with van der Waals surface area (Å²) in [6.07, 6.45) is 0. The van der Waals surface area contributed by atoms with Gasteiger partial charge in [-0.1, -0.05) is 78.5 Å². The molecule has 1 heterocycles. The van der Waals surface area contributed by atoms with Gasteiger partial charge in [0.1, 0.15) is 0 Å². The molecule has 1 aliphatic heterocycles. The Hall–Kier alpha value is -3.11. The van der Waals surface area contributed by atoms with Gasteiger partial charge in [0, 0.05) is 10.8 Å². The highest BCUT2D eigenvalue weighted by Crippen LogP contribution is 2.37. The van der Waals surface area contributed by atoms with Crippen molar-refractivity contribution in [3.05, 3.63) is 84.9 Å². The average Bonchev–Trinajstić information content (AvgIpc) is 3.08. The van der Waals surface area contributed by atoms with Gasteiger partial charge in [-0.05, 0) is 29.0 Å². The summed E-state index contributed by atoms with van der Waals surface area (Å²) >= 11 is 1.49. The summed E-state index contributed by atoms with van der Waals surface area (Å²) in [4.78, 5) is 19.3. The number of hydrogen-bond donors (Lipinski definition) is 0. The number of benzene rings is 4. The van der Waals surface area contributed by atoms with Gasteiger partial charge in [0.05, 0.1) is 17.1 Å². The van der Waals surface area contributed by atoms with Gasteiger partial charge in [0.25, 0.3) is 0 Å². The van der Waals surface area contributed by atoms with Gasteiger partial charge in [0.15, 0.2) is 5.17 Å². The molecule has 3 nitrogen and oxygen atoms in total. The molecule has 0 unspecified atom stereocenters. The molecule has 27 heavy (non-hydrogen) atoms. The van der Waals surface area contributed by atoms with Crippen molar-refractivity contribution in [2.75, 3.05) is 10.7 Å². The van der Waals surface area contributed by atoms with Gasteiger partial charge in [-0.3, -0.25) is 9.69 Å². The Kier molecular flexibility index (Phi) is 3.91. The first-order chi connectivity index (χ1) is 13.3. The molecule has 0 aliphatic carbocycles. The van der Waals surface area contributed by atoms with Crippen LogP contribution in [0.3, 0.4) is 0 Å². The number of amidine groups is 1. The molecule has 4 aromatic rings. The summed E-state index contributed by atoms with van der Waals surface area (Å²) in [5.41, 5.74) is 1.78. The van der Waals surface area contributed by atoms with E-state index in [1.54, 1.807) is 4.90 Å². The summed E-state index contributed by atoms with van der Waals surface area (Å²) in [5, 5.41) is 5.22. The first-order valence-corrected chi connectivity index (χ1v) is 9.80. The maximum atomic E-state index is 12.5. The third kappa shape index (κ3) is 2.78. The van der Waals surface area contributed by atoms with Gasteiger partial charge in [-0.2, -0.15) is 0 Å². The molecule has 4 heteroatoms. The fraction of sp³-hybridized carbons (Fsp3) is 0.0435. The molecule has 0 N–H and O–H groups in total. The van der Waals surface area contributed by atoms with E-state index in [0.29, 0.717) is 5.75 Å². The van der Waals surface area contributed by atoms with Crippen molar-refractivity contribution >= 4 is 55.8 Å². The van der Waals surface area contributed by atoms with Crippen molar-refractivity contribution in [2.24, 2.45) is 4.99 Å². The van der Waals surface area contributed by atoms with Crippen LogP contribution in [0.15, 0.2) is 89.9 Å². The molecule has 0 aromatic heterocycles. The number of thioether (sulfide) groups is 1. The zero-order valence-corrected chi connectivity index (χ0v) is 15.3. The number of aliphatic imine (C=N–C) groups is 1. The monoisotopic (exact) mass is 368 g/mol. The van der Waals surface area contributed by atoms with Crippen LogP contribution in [-0.4, -0.2) is 16.8 Å². The molecule has 0 atom stereocenters. The average molecular weight is 368 g/mol. The van der Waals surface area contributed by atoms with Gasteiger partial charge >= 0.3 is 0 Å². The molecule has 1 amide bonds. The Labute approximate surface area is 161 Å². The van der Waals surface area contributed by atoms with Crippen LogP contribution in [0.4, 0.5) is 11.4 Å². The first kappa shape index (κ1) is 16.1. The lowest BCUT2D eigenvalue weighted by molar-refractivity contribution is -0.115. The maximum absolute atomic E-state index is 12.5. The van der Waals surface area contributed by atoms with Crippen LogP contribution in [0.2, 0.25) is 0 Å². The summed E-state index contributed by atoms with van der Waals surface area (Å²) in [6, 6.07) is 28.4. The van der Waals surface area contributed by atoms with Gasteiger partial charge in [-0.25, -0.2) is 4.99 Å². The van der Waals surface area contributed by atoms with E-state index in [1.807, 2.05) is 54.6 Å². The Morgan fingerprint density at radius 2 is 1.37 bits per heavy atom. The van der Waals surface area contributed by atoms with Gasteiger partial charge in [-0.15, -0.1) is 0 Å². The summed E-state index contributed by atoms with van der Waals surface area (Å²) in [7, 11) is 0. The van der Waals surface area contributed by atoms with Crippen molar-refractivity contribution in [3.63, 3.8) is 0 Å². The van der Waals surface area contributed by atoms with Crippen molar-refractivity contribution in [1.82, 2.24) is 0 Å². The lowest BCUT2D eigenvalue weighted by Gasteiger charge is -2.16. The molecule has 5 rings (SSSR count). The lowest BCUT2D eigenvalue weighted by Crippen LogP contribution is -2.28. The van der Waals surface area contributed by atoms with Crippen molar-refractivity contribution in [3.8, 4) is 0 Å². The topological polar surface area (TPSA) is 32.7 Å². The number of fused-ring (bicyclic) bond motifs is 2. The standard InChI is InChI=1S/C23H16N2OS/c26-21-15-27-23(25(21)18-10-2-1-3-11-18)24-22-19-12-6-4-8-16(19)14-17-9-5-7-13-20(17)22/h1-14H,15H2. The van der Waals surface area contributed by atoms with E-state index in [4.69, 9.17) is 4.99 Å². The quantitative estimate of drug-likeness (QED) is 0.421. The summed E-state index contributed by atoms with van der Waals surface area (Å²) < 4.78 is 0. The summed E-state index contributed by atoms with van der Waals surface area (Å²) in [5.74, 6) is 0.477. The van der Waals surface area contributed by atoms with Crippen molar-refractivity contribution in [2.45, 2.75) is 0 Å². The third-order valence-corrected chi connectivity index (χ3v) is 5.65. The van der Waals surface area contributed by atoms with Crippen LogP contribution in [0.25, 0.3) is 21.5 Å². The lowest BCUT2D eigenvalue weighted by atomic mass is 10.0. The number of anilines is 1. The maximum Gasteiger partial charge on any atom is 0.243 e. The van der Waals surface area contributed by atoms with Crippen molar-refractivity contribution < 1.29 is 4.79 Å². The van der Waals surface area contributed by atoms with Crippen LogP contribution in [0.1, 0.15) is 0 Å². The number of carbonyl (C=O) groups excluding carboxylic acids is 1. The predicted octanol–water partition coefficient (Wildman–Crippen LogP) is 5.76. The highest BCUT2D eigenvalue weighted by Gasteiger charge is 2.29. The highest BCUT2D eigenvalue weighted by molar-refractivity contribution is 8.15. The van der Waals surface area contributed by atoms with Gasteiger partial charge < -0.3 is 0 Å². The van der Waals surface area contributed by atoms with Crippen LogP contribution in [0.5, 0.6) is 0 Å². The highest BCUT2D eigenvalue weighted by atomic mass is 32.2. The fourth-order valence-electron chi connectivity index (χ4n) is 3.48. The number of amides is 1. The molecular weight excluding hydrogens is 352 g/mol.